The van der Waals surface area contributed by atoms with Gasteiger partial charge in [-0.25, -0.2) is 0 Å². The van der Waals surface area contributed by atoms with E-state index in [0.717, 1.165) is 49.8 Å². The summed E-state index contributed by atoms with van der Waals surface area (Å²) < 4.78 is 11.1. The summed E-state index contributed by atoms with van der Waals surface area (Å²) in [5.41, 5.74) is 2.11. The van der Waals surface area contributed by atoms with Crippen molar-refractivity contribution in [3.8, 4) is 17.7 Å². The number of phenolic OH excluding ortho intramolecular Hbond substituents is 1. The normalized spacial score (nSPS) is 34.0. The van der Waals surface area contributed by atoms with Crippen molar-refractivity contribution in [2.24, 2.45) is 5.92 Å². The molecule has 3 aliphatic rings. The highest BCUT2D eigenvalue weighted by Crippen LogP contribution is 2.59. The second-order valence-corrected chi connectivity index (χ2v) is 7.37. The molecular formula is C19H24N2O3. The SMILES string of the molecule is COc1ccc2c(c1O)[C@]13CCN(C#N)C(C2)C1CCC(OC)C3. The molecule has 3 unspecified atom stereocenters. The van der Waals surface area contributed by atoms with E-state index >= 15 is 0 Å². The average molecular weight is 328 g/mol. The molecule has 5 nitrogen and oxygen atoms in total. The van der Waals surface area contributed by atoms with Crippen molar-refractivity contribution >= 4 is 0 Å². The van der Waals surface area contributed by atoms with Gasteiger partial charge in [0.1, 0.15) is 0 Å². The maximum atomic E-state index is 10.9. The number of phenols is 1. The number of methoxy groups -OCH3 is 2. The first-order valence-electron chi connectivity index (χ1n) is 8.73. The predicted octanol–water partition coefficient (Wildman–Crippen LogP) is 2.57. The van der Waals surface area contributed by atoms with Gasteiger partial charge in [-0.2, -0.15) is 5.26 Å². The summed E-state index contributed by atoms with van der Waals surface area (Å²) in [5, 5.41) is 20.5. The van der Waals surface area contributed by atoms with Crippen molar-refractivity contribution < 1.29 is 14.6 Å². The van der Waals surface area contributed by atoms with Crippen LogP contribution in [0.1, 0.15) is 36.8 Å². The minimum absolute atomic E-state index is 0.108. The molecule has 1 aromatic carbocycles. The number of piperidine rings is 1. The van der Waals surface area contributed by atoms with E-state index in [9.17, 15) is 10.4 Å². The topological polar surface area (TPSA) is 65.7 Å². The molecule has 1 aliphatic heterocycles. The Hall–Kier alpha value is -1.93. The van der Waals surface area contributed by atoms with Gasteiger partial charge in [-0.15, -0.1) is 0 Å². The summed E-state index contributed by atoms with van der Waals surface area (Å²) in [5.74, 6) is 1.23. The smallest absolute Gasteiger partial charge is 0.179 e. The van der Waals surface area contributed by atoms with Gasteiger partial charge in [0.25, 0.3) is 0 Å². The van der Waals surface area contributed by atoms with Crippen LogP contribution in [0.25, 0.3) is 0 Å². The molecular weight excluding hydrogens is 304 g/mol. The zero-order valence-corrected chi connectivity index (χ0v) is 14.3. The Labute approximate surface area is 142 Å². The fraction of sp³-hybridized carbons (Fsp3) is 0.632. The molecule has 1 aromatic rings. The van der Waals surface area contributed by atoms with Gasteiger partial charge >= 0.3 is 0 Å². The summed E-state index contributed by atoms with van der Waals surface area (Å²) in [6, 6.07) is 4.14. The monoisotopic (exact) mass is 328 g/mol. The summed E-state index contributed by atoms with van der Waals surface area (Å²) in [6.07, 6.45) is 7.30. The lowest BCUT2D eigenvalue weighted by Gasteiger charge is -2.58. The number of nitrogens with zero attached hydrogens (tertiary/aromatic N) is 2. The first-order chi connectivity index (χ1) is 11.6. The van der Waals surface area contributed by atoms with Gasteiger partial charge in [-0.1, -0.05) is 6.07 Å². The lowest BCUT2D eigenvalue weighted by atomic mass is 9.51. The van der Waals surface area contributed by atoms with Crippen LogP contribution in [0, 0.1) is 17.4 Å². The standard InChI is InChI=1S/C19H24N2O3/c1-23-13-4-5-14-15-9-12-3-6-16(24-2)18(22)17(12)19(14,10-13)7-8-21(15)11-20/h3,6,13-15,22H,4-5,7-10H2,1-2H3/t13?,14?,15?,19-/m0/s1. The van der Waals surface area contributed by atoms with E-state index in [4.69, 9.17) is 9.47 Å². The molecule has 128 valence electrons. The minimum Gasteiger partial charge on any atom is -0.504 e. The number of benzene rings is 1. The summed E-state index contributed by atoms with van der Waals surface area (Å²) in [4.78, 5) is 1.96. The van der Waals surface area contributed by atoms with E-state index in [0.29, 0.717) is 17.4 Å². The largest absolute Gasteiger partial charge is 0.504 e. The maximum Gasteiger partial charge on any atom is 0.179 e. The Morgan fingerprint density at radius 2 is 2.17 bits per heavy atom. The second kappa shape index (κ2) is 5.56. The molecule has 0 spiro atoms. The number of ether oxygens (including phenoxy) is 2. The molecule has 1 saturated heterocycles. The molecule has 2 aliphatic carbocycles. The maximum absolute atomic E-state index is 10.9. The van der Waals surface area contributed by atoms with E-state index in [2.05, 4.69) is 12.3 Å². The van der Waals surface area contributed by atoms with Crippen molar-refractivity contribution in [2.45, 2.75) is 49.7 Å². The average Bonchev–Trinajstić information content (AvgIpc) is 2.61. The van der Waals surface area contributed by atoms with E-state index < -0.39 is 0 Å². The lowest BCUT2D eigenvalue weighted by Crippen LogP contribution is -2.61. The van der Waals surface area contributed by atoms with E-state index in [-0.39, 0.29) is 17.6 Å². The third-order valence-corrected chi connectivity index (χ3v) is 6.60. The zero-order chi connectivity index (χ0) is 16.9. The van der Waals surface area contributed by atoms with Gasteiger partial charge in [0.15, 0.2) is 17.7 Å². The van der Waals surface area contributed by atoms with Crippen LogP contribution in [0.4, 0.5) is 0 Å². The number of fused-ring (bicyclic) bond motifs is 1. The highest BCUT2D eigenvalue weighted by molar-refractivity contribution is 5.56. The molecule has 2 fully saturated rings. The summed E-state index contributed by atoms with van der Waals surface area (Å²) in [7, 11) is 3.37. The van der Waals surface area contributed by atoms with Crippen LogP contribution in [0.2, 0.25) is 0 Å². The van der Waals surface area contributed by atoms with Gasteiger partial charge in [-0.05, 0) is 49.7 Å². The molecule has 1 saturated carbocycles. The first kappa shape index (κ1) is 15.6. The number of rotatable bonds is 2. The fourth-order valence-electron chi connectivity index (χ4n) is 5.57. The van der Waals surface area contributed by atoms with Crippen LogP contribution in [-0.4, -0.2) is 42.9 Å². The number of hydrogen-bond acceptors (Lipinski definition) is 5. The van der Waals surface area contributed by atoms with Crippen molar-refractivity contribution in [3.05, 3.63) is 23.3 Å². The van der Waals surface area contributed by atoms with Gasteiger partial charge in [0.05, 0.1) is 13.2 Å². The number of aromatic hydroxyl groups is 1. The van der Waals surface area contributed by atoms with Gasteiger partial charge in [0, 0.05) is 30.7 Å². The first-order valence-corrected chi connectivity index (χ1v) is 8.73. The van der Waals surface area contributed by atoms with Crippen molar-refractivity contribution in [1.29, 1.82) is 5.26 Å². The molecule has 0 radical (unpaired) electrons. The van der Waals surface area contributed by atoms with E-state index in [1.54, 1.807) is 14.2 Å². The van der Waals surface area contributed by atoms with Crippen molar-refractivity contribution in [2.75, 3.05) is 20.8 Å². The third-order valence-electron chi connectivity index (χ3n) is 6.60. The molecule has 5 heteroatoms. The molecule has 2 bridgehead atoms. The van der Waals surface area contributed by atoms with Gasteiger partial charge < -0.3 is 19.5 Å². The Morgan fingerprint density at radius 3 is 2.88 bits per heavy atom. The van der Waals surface area contributed by atoms with Crippen LogP contribution in [0.3, 0.4) is 0 Å². The van der Waals surface area contributed by atoms with E-state index in [1.807, 2.05) is 11.0 Å². The number of hydrogen-bond donors (Lipinski definition) is 1. The van der Waals surface area contributed by atoms with Crippen LogP contribution in [0.5, 0.6) is 11.5 Å². The van der Waals surface area contributed by atoms with Crippen LogP contribution in [-0.2, 0) is 16.6 Å². The number of nitriles is 1. The molecule has 0 aromatic heterocycles. The van der Waals surface area contributed by atoms with Crippen LogP contribution in [0.15, 0.2) is 12.1 Å². The lowest BCUT2D eigenvalue weighted by molar-refractivity contribution is -0.0454. The quantitative estimate of drug-likeness (QED) is 0.845. The summed E-state index contributed by atoms with van der Waals surface area (Å²) in [6.45, 7) is 0.754. The Morgan fingerprint density at radius 1 is 1.33 bits per heavy atom. The molecule has 4 rings (SSSR count). The molecule has 4 atom stereocenters. The fourth-order valence-corrected chi connectivity index (χ4v) is 5.57. The van der Waals surface area contributed by atoms with E-state index in [1.165, 1.54) is 0 Å². The van der Waals surface area contributed by atoms with Gasteiger partial charge in [-0.3, -0.25) is 0 Å². The second-order valence-electron chi connectivity index (χ2n) is 7.37. The third kappa shape index (κ3) is 1.96. The van der Waals surface area contributed by atoms with Crippen LogP contribution >= 0.6 is 0 Å². The number of likely N-dealkylation sites (tertiary alicyclic amines) is 1. The predicted molar refractivity (Wildman–Crippen MR) is 88.9 cm³/mol. The van der Waals surface area contributed by atoms with Crippen molar-refractivity contribution in [1.82, 2.24) is 4.90 Å². The highest BCUT2D eigenvalue weighted by Gasteiger charge is 2.57. The molecule has 0 amide bonds. The van der Waals surface area contributed by atoms with Crippen LogP contribution < -0.4 is 4.74 Å². The highest BCUT2D eigenvalue weighted by atomic mass is 16.5. The van der Waals surface area contributed by atoms with Gasteiger partial charge in [0.2, 0.25) is 0 Å². The molecule has 1 heterocycles. The Balaban J connectivity index is 1.90. The minimum atomic E-state index is -0.108. The zero-order valence-electron chi connectivity index (χ0n) is 14.3. The Bertz CT molecular complexity index is 699. The summed E-state index contributed by atoms with van der Waals surface area (Å²) >= 11 is 0. The molecule has 1 N–H and O–H groups in total. The van der Waals surface area contributed by atoms with Crippen molar-refractivity contribution in [3.63, 3.8) is 0 Å². The molecule has 24 heavy (non-hydrogen) atoms. The Kier molecular flexibility index (Phi) is 3.61.